The molecule has 1 amide bonds. The molecule has 0 spiro atoms. The number of hydrogen-bond acceptors (Lipinski definition) is 5. The van der Waals surface area contributed by atoms with Crippen molar-refractivity contribution in [2.45, 2.75) is 77.0 Å². The summed E-state index contributed by atoms with van der Waals surface area (Å²) in [6.07, 6.45) is 0.669. The fourth-order valence-electron chi connectivity index (χ4n) is 4.50. The van der Waals surface area contributed by atoms with E-state index in [0.29, 0.717) is 36.7 Å². The molecule has 0 unspecified atom stereocenters. The van der Waals surface area contributed by atoms with Crippen LogP contribution in [-0.2, 0) is 11.3 Å². The van der Waals surface area contributed by atoms with Gasteiger partial charge in [-0.05, 0) is 62.3 Å². The number of likely N-dealkylation sites (tertiary alicyclic amines) is 1. The predicted octanol–water partition coefficient (Wildman–Crippen LogP) is 3.42. The van der Waals surface area contributed by atoms with Crippen molar-refractivity contribution in [3.05, 3.63) is 41.5 Å². The zero-order valence-electron chi connectivity index (χ0n) is 19.8. The van der Waals surface area contributed by atoms with E-state index in [1.807, 2.05) is 23.3 Å². The first-order valence-electron chi connectivity index (χ1n) is 11.9. The maximum Gasteiger partial charge on any atom is 0.305 e. The fourth-order valence-corrected chi connectivity index (χ4v) is 4.50. The number of aliphatic carboxylic acids is 1. The summed E-state index contributed by atoms with van der Waals surface area (Å²) in [5, 5.41) is 29.1. The van der Waals surface area contributed by atoms with Crippen LogP contribution >= 0.6 is 0 Å². The Morgan fingerprint density at radius 2 is 1.71 bits per heavy atom. The number of benzene rings is 1. The number of carbonyl (C=O) groups excluding carboxylic acids is 1. The molecule has 8 nitrogen and oxygen atoms in total. The first kappa shape index (κ1) is 25.8. The van der Waals surface area contributed by atoms with Gasteiger partial charge < -0.3 is 24.8 Å². The molecule has 1 aliphatic heterocycles. The number of hydrogen-bond donors (Lipinski definition) is 3. The SMILES string of the molecule is CC(C)c1c(C(=O)N2CCCCC2)nc(-c2ccc(F)cc2)n1CC[C@@H](O)C[C@@H](O)CC(=O)O. The van der Waals surface area contributed by atoms with Crippen LogP contribution in [0, 0.1) is 5.82 Å². The van der Waals surface area contributed by atoms with Gasteiger partial charge in [-0.25, -0.2) is 9.37 Å². The molecule has 2 aromatic rings. The minimum Gasteiger partial charge on any atom is -0.481 e. The summed E-state index contributed by atoms with van der Waals surface area (Å²) in [7, 11) is 0. The summed E-state index contributed by atoms with van der Waals surface area (Å²) in [6.45, 7) is 5.63. The molecule has 1 aromatic carbocycles. The van der Waals surface area contributed by atoms with Crippen molar-refractivity contribution in [1.82, 2.24) is 14.5 Å². The highest BCUT2D eigenvalue weighted by atomic mass is 19.1. The molecule has 34 heavy (non-hydrogen) atoms. The highest BCUT2D eigenvalue weighted by Gasteiger charge is 2.29. The number of aliphatic hydroxyl groups excluding tert-OH is 2. The number of aromatic nitrogens is 2. The molecular formula is C25H34FN3O5. The van der Waals surface area contributed by atoms with Gasteiger partial charge in [-0.3, -0.25) is 9.59 Å². The molecule has 1 aliphatic rings. The van der Waals surface area contributed by atoms with Crippen LogP contribution in [0.15, 0.2) is 24.3 Å². The zero-order chi connectivity index (χ0) is 24.8. The number of nitrogens with zero attached hydrogens (tertiary/aromatic N) is 3. The van der Waals surface area contributed by atoms with E-state index in [1.54, 1.807) is 12.1 Å². The summed E-state index contributed by atoms with van der Waals surface area (Å²) in [4.78, 5) is 30.8. The van der Waals surface area contributed by atoms with Crippen molar-refractivity contribution in [1.29, 1.82) is 0 Å². The molecule has 0 radical (unpaired) electrons. The lowest BCUT2D eigenvalue weighted by Gasteiger charge is -2.26. The van der Waals surface area contributed by atoms with Crippen LogP contribution in [-0.4, -0.2) is 66.9 Å². The van der Waals surface area contributed by atoms with Crippen LogP contribution in [0.1, 0.15) is 74.5 Å². The third-order valence-electron chi connectivity index (χ3n) is 6.14. The van der Waals surface area contributed by atoms with E-state index in [-0.39, 0.29) is 30.5 Å². The second-order valence-electron chi connectivity index (χ2n) is 9.27. The molecule has 3 rings (SSSR count). The molecule has 2 atom stereocenters. The Bertz CT molecular complexity index is 983. The molecule has 0 aliphatic carbocycles. The Morgan fingerprint density at radius 3 is 2.29 bits per heavy atom. The predicted molar refractivity (Wildman–Crippen MR) is 125 cm³/mol. The Hall–Kier alpha value is -2.78. The minimum atomic E-state index is -1.15. The maximum absolute atomic E-state index is 13.6. The number of carboxylic acids is 1. The Morgan fingerprint density at radius 1 is 1.06 bits per heavy atom. The standard InChI is InChI=1S/C25H34FN3O5/c1-16(2)23-22(25(34)28-11-4-3-5-12-28)27-24(17-6-8-18(26)9-7-17)29(23)13-10-19(30)14-20(31)15-21(32)33/h6-9,16,19-20,30-31H,3-5,10-15H2,1-2H3,(H,32,33)/t19-,20-/m1/s1. The van der Waals surface area contributed by atoms with Gasteiger partial charge in [0, 0.05) is 25.2 Å². The van der Waals surface area contributed by atoms with Gasteiger partial charge in [-0.1, -0.05) is 13.8 Å². The molecule has 0 saturated carbocycles. The lowest BCUT2D eigenvalue weighted by Crippen LogP contribution is -2.36. The van der Waals surface area contributed by atoms with Gasteiger partial charge in [0.05, 0.1) is 24.3 Å². The topological polar surface area (TPSA) is 116 Å². The van der Waals surface area contributed by atoms with Crippen molar-refractivity contribution < 1.29 is 29.3 Å². The van der Waals surface area contributed by atoms with E-state index in [2.05, 4.69) is 0 Å². The quantitative estimate of drug-likeness (QED) is 0.485. The summed E-state index contributed by atoms with van der Waals surface area (Å²) in [5.74, 6) is -1.15. The van der Waals surface area contributed by atoms with Crippen molar-refractivity contribution in [3.63, 3.8) is 0 Å². The van der Waals surface area contributed by atoms with E-state index in [0.717, 1.165) is 25.0 Å². The average Bonchev–Trinajstić information content (AvgIpc) is 3.17. The summed E-state index contributed by atoms with van der Waals surface area (Å²) < 4.78 is 15.5. The Labute approximate surface area is 199 Å². The minimum absolute atomic E-state index is 0.0415. The lowest BCUT2D eigenvalue weighted by atomic mass is 10.0. The van der Waals surface area contributed by atoms with Crippen LogP contribution < -0.4 is 0 Å². The second kappa shape index (κ2) is 11.6. The first-order chi connectivity index (χ1) is 16.2. The van der Waals surface area contributed by atoms with Gasteiger partial charge in [0.2, 0.25) is 0 Å². The molecule has 186 valence electrons. The Kier molecular flexibility index (Phi) is 8.79. The lowest BCUT2D eigenvalue weighted by molar-refractivity contribution is -0.139. The molecule has 9 heteroatoms. The highest BCUT2D eigenvalue weighted by molar-refractivity contribution is 5.94. The smallest absolute Gasteiger partial charge is 0.305 e. The third kappa shape index (κ3) is 6.42. The van der Waals surface area contributed by atoms with Crippen molar-refractivity contribution in [2.75, 3.05) is 13.1 Å². The van der Waals surface area contributed by atoms with Gasteiger partial charge in [0.15, 0.2) is 5.69 Å². The van der Waals surface area contributed by atoms with Crippen LogP contribution in [0.25, 0.3) is 11.4 Å². The van der Waals surface area contributed by atoms with E-state index >= 15 is 0 Å². The number of amides is 1. The summed E-state index contributed by atoms with van der Waals surface area (Å²) >= 11 is 0. The zero-order valence-corrected chi connectivity index (χ0v) is 19.8. The molecule has 0 bridgehead atoms. The Balaban J connectivity index is 1.94. The van der Waals surface area contributed by atoms with Gasteiger partial charge in [0.25, 0.3) is 5.91 Å². The van der Waals surface area contributed by atoms with Gasteiger partial charge in [-0.2, -0.15) is 0 Å². The number of imidazole rings is 1. The van der Waals surface area contributed by atoms with Crippen LogP contribution in [0.5, 0.6) is 0 Å². The van der Waals surface area contributed by atoms with Gasteiger partial charge in [-0.15, -0.1) is 0 Å². The normalized spacial score (nSPS) is 16.0. The fraction of sp³-hybridized carbons (Fsp3) is 0.560. The van der Waals surface area contributed by atoms with Crippen molar-refractivity contribution >= 4 is 11.9 Å². The highest BCUT2D eigenvalue weighted by Crippen LogP contribution is 2.30. The van der Waals surface area contributed by atoms with Crippen LogP contribution in [0.3, 0.4) is 0 Å². The number of aliphatic hydroxyl groups is 2. The largest absolute Gasteiger partial charge is 0.481 e. The maximum atomic E-state index is 13.6. The summed E-state index contributed by atoms with van der Waals surface area (Å²) in [6, 6.07) is 5.90. The second-order valence-corrected chi connectivity index (χ2v) is 9.27. The molecule has 3 N–H and O–H groups in total. The molecule has 1 aromatic heterocycles. The van der Waals surface area contributed by atoms with E-state index in [4.69, 9.17) is 10.1 Å². The van der Waals surface area contributed by atoms with Crippen molar-refractivity contribution in [2.24, 2.45) is 0 Å². The number of halogens is 1. The number of piperidine rings is 1. The van der Waals surface area contributed by atoms with Crippen LogP contribution in [0.2, 0.25) is 0 Å². The van der Waals surface area contributed by atoms with Gasteiger partial charge in [0.1, 0.15) is 11.6 Å². The molecule has 1 fully saturated rings. The first-order valence-corrected chi connectivity index (χ1v) is 11.9. The number of rotatable bonds is 10. The molecule has 2 heterocycles. The van der Waals surface area contributed by atoms with Gasteiger partial charge >= 0.3 is 5.97 Å². The molecular weight excluding hydrogens is 441 g/mol. The van der Waals surface area contributed by atoms with E-state index in [1.165, 1.54) is 12.1 Å². The monoisotopic (exact) mass is 475 g/mol. The molecule has 1 saturated heterocycles. The third-order valence-corrected chi connectivity index (χ3v) is 6.14. The van der Waals surface area contributed by atoms with E-state index < -0.39 is 24.6 Å². The number of carbonyl (C=O) groups is 2. The average molecular weight is 476 g/mol. The van der Waals surface area contributed by atoms with E-state index in [9.17, 15) is 24.2 Å². The van der Waals surface area contributed by atoms with Crippen LogP contribution in [0.4, 0.5) is 4.39 Å². The summed E-state index contributed by atoms with van der Waals surface area (Å²) in [5.41, 5.74) is 1.77. The van der Waals surface area contributed by atoms with Crippen molar-refractivity contribution in [3.8, 4) is 11.4 Å². The number of carboxylic acid groups (broad SMARTS) is 1.